The number of benzene rings is 1. The van der Waals surface area contributed by atoms with Gasteiger partial charge in [-0.1, -0.05) is 6.07 Å². The highest BCUT2D eigenvalue weighted by atomic mass is 19.4. The van der Waals surface area contributed by atoms with Crippen molar-refractivity contribution in [2.75, 3.05) is 5.32 Å². The van der Waals surface area contributed by atoms with Gasteiger partial charge in [-0.15, -0.1) is 0 Å². The maximum Gasteiger partial charge on any atom is 0.416 e. The zero-order chi connectivity index (χ0) is 15.2. The molecule has 6 heteroatoms. The molecule has 0 radical (unpaired) electrons. The molecule has 1 N–H and O–H groups in total. The minimum Gasteiger partial charge on any atom is -0.359 e. The van der Waals surface area contributed by atoms with E-state index in [1.54, 1.807) is 6.92 Å². The second-order valence-electron chi connectivity index (χ2n) is 3.92. The van der Waals surface area contributed by atoms with Crippen LogP contribution in [-0.4, -0.2) is 13.0 Å². The average Bonchev–Trinajstić information content (AvgIpc) is 2.39. The van der Waals surface area contributed by atoms with Crippen LogP contribution in [0.15, 0.2) is 52.8 Å². The van der Waals surface area contributed by atoms with Crippen molar-refractivity contribution in [2.24, 2.45) is 4.99 Å². The number of nitrogens with zero attached hydrogens (tertiary/aromatic N) is 1. The van der Waals surface area contributed by atoms with Gasteiger partial charge in [0.15, 0.2) is 6.29 Å². The molecule has 0 unspecified atom stereocenters. The largest absolute Gasteiger partial charge is 0.416 e. The van der Waals surface area contributed by atoms with Crippen LogP contribution in [0.2, 0.25) is 0 Å². The highest BCUT2D eigenvalue weighted by molar-refractivity contribution is 5.74. The summed E-state index contributed by atoms with van der Waals surface area (Å²) in [6.45, 7) is 4.86. The van der Waals surface area contributed by atoms with E-state index in [1.807, 2.05) is 0 Å². The molecule has 20 heavy (non-hydrogen) atoms. The quantitative estimate of drug-likeness (QED) is 0.386. The van der Waals surface area contributed by atoms with Gasteiger partial charge in [-0.3, -0.25) is 9.79 Å². The molecule has 0 saturated carbocycles. The predicted molar refractivity (Wildman–Crippen MR) is 72.5 cm³/mol. The van der Waals surface area contributed by atoms with Crippen LogP contribution in [0.25, 0.3) is 0 Å². The van der Waals surface area contributed by atoms with E-state index in [4.69, 9.17) is 0 Å². The monoisotopic (exact) mass is 282 g/mol. The molecular weight excluding hydrogens is 269 g/mol. The van der Waals surface area contributed by atoms with E-state index in [1.165, 1.54) is 24.3 Å². The van der Waals surface area contributed by atoms with E-state index >= 15 is 0 Å². The number of hydrogen-bond donors (Lipinski definition) is 1. The highest BCUT2D eigenvalue weighted by Gasteiger charge is 2.30. The zero-order valence-corrected chi connectivity index (χ0v) is 10.7. The van der Waals surface area contributed by atoms with Crippen LogP contribution in [0.1, 0.15) is 12.5 Å². The Morgan fingerprint density at radius 2 is 2.05 bits per heavy atom. The fourth-order valence-electron chi connectivity index (χ4n) is 1.38. The minimum absolute atomic E-state index is 0.134. The van der Waals surface area contributed by atoms with E-state index in [-0.39, 0.29) is 5.70 Å². The molecule has 1 aromatic rings. The van der Waals surface area contributed by atoms with Gasteiger partial charge in [-0.2, -0.15) is 13.2 Å². The van der Waals surface area contributed by atoms with Crippen LogP contribution in [0.3, 0.4) is 0 Å². The Morgan fingerprint density at radius 1 is 1.35 bits per heavy atom. The Hall–Kier alpha value is -2.37. The smallest absolute Gasteiger partial charge is 0.359 e. The average molecular weight is 282 g/mol. The van der Waals surface area contributed by atoms with Gasteiger partial charge in [0.2, 0.25) is 0 Å². The molecule has 0 saturated heterocycles. The van der Waals surface area contributed by atoms with Gasteiger partial charge in [0.25, 0.3) is 0 Å². The molecule has 0 heterocycles. The minimum atomic E-state index is -4.38. The molecule has 0 aromatic heterocycles. The summed E-state index contributed by atoms with van der Waals surface area (Å²) in [6, 6.07) is 4.84. The fourth-order valence-corrected chi connectivity index (χ4v) is 1.38. The first-order chi connectivity index (χ1) is 9.36. The van der Waals surface area contributed by atoms with Crippen molar-refractivity contribution in [2.45, 2.75) is 13.1 Å². The van der Waals surface area contributed by atoms with Crippen molar-refractivity contribution in [3.8, 4) is 0 Å². The van der Waals surface area contributed by atoms with Crippen LogP contribution < -0.4 is 5.32 Å². The standard InChI is InChI=1S/C14H13F3N2O/c1-10(6-7-13(9-20)18-2)19-12-5-3-4-11(8-12)14(15,16)17/h3-9,19H,2H2,1H3/b10-6+,13-7-. The summed E-state index contributed by atoms with van der Waals surface area (Å²) in [5, 5.41) is 2.80. The number of allylic oxidation sites excluding steroid dienone is 4. The van der Waals surface area contributed by atoms with Gasteiger partial charge in [0.1, 0.15) is 5.70 Å². The van der Waals surface area contributed by atoms with Gasteiger partial charge in [0.05, 0.1) is 5.56 Å². The first-order valence-corrected chi connectivity index (χ1v) is 5.61. The van der Waals surface area contributed by atoms with Crippen molar-refractivity contribution >= 4 is 18.7 Å². The molecule has 0 aliphatic heterocycles. The molecule has 3 nitrogen and oxygen atoms in total. The van der Waals surface area contributed by atoms with Crippen LogP contribution in [0.4, 0.5) is 18.9 Å². The molecular formula is C14H13F3N2O. The van der Waals surface area contributed by atoms with Crippen molar-refractivity contribution in [3.05, 3.63) is 53.4 Å². The Bertz CT molecular complexity index is 550. The zero-order valence-electron chi connectivity index (χ0n) is 10.7. The Labute approximate surface area is 114 Å². The summed E-state index contributed by atoms with van der Waals surface area (Å²) >= 11 is 0. The number of hydrogen-bond acceptors (Lipinski definition) is 3. The number of alkyl halides is 3. The molecule has 0 aliphatic carbocycles. The number of aldehydes is 1. The van der Waals surface area contributed by atoms with E-state index in [2.05, 4.69) is 17.0 Å². The molecule has 0 atom stereocenters. The molecule has 106 valence electrons. The molecule has 0 fully saturated rings. The van der Waals surface area contributed by atoms with Gasteiger partial charge in [-0.25, -0.2) is 0 Å². The lowest BCUT2D eigenvalue weighted by Crippen LogP contribution is -2.05. The number of nitrogens with one attached hydrogen (secondary N) is 1. The Morgan fingerprint density at radius 3 is 2.60 bits per heavy atom. The van der Waals surface area contributed by atoms with Crippen molar-refractivity contribution in [3.63, 3.8) is 0 Å². The number of aliphatic imine (C=N–C) groups is 1. The lowest BCUT2D eigenvalue weighted by atomic mass is 10.2. The first kappa shape index (κ1) is 15.7. The lowest BCUT2D eigenvalue weighted by Gasteiger charge is -2.10. The third-order valence-electron chi connectivity index (χ3n) is 2.34. The molecule has 1 rings (SSSR count). The van der Waals surface area contributed by atoms with E-state index in [0.717, 1.165) is 12.1 Å². The van der Waals surface area contributed by atoms with Crippen LogP contribution in [0.5, 0.6) is 0 Å². The maximum atomic E-state index is 12.5. The normalized spacial score (nSPS) is 13.0. The predicted octanol–water partition coefficient (Wildman–Crippen LogP) is 3.80. The molecule has 1 aromatic carbocycles. The third kappa shape index (κ3) is 4.72. The van der Waals surface area contributed by atoms with Gasteiger partial charge in [0, 0.05) is 11.4 Å². The second-order valence-corrected chi connectivity index (χ2v) is 3.92. The summed E-state index contributed by atoms with van der Waals surface area (Å²) in [7, 11) is 0. The number of carbonyl (C=O) groups excluding carboxylic acids is 1. The van der Waals surface area contributed by atoms with Gasteiger partial charge in [-0.05, 0) is 44.0 Å². The lowest BCUT2D eigenvalue weighted by molar-refractivity contribution is -0.137. The topological polar surface area (TPSA) is 41.5 Å². The van der Waals surface area contributed by atoms with Crippen LogP contribution in [0, 0.1) is 0 Å². The van der Waals surface area contributed by atoms with E-state index in [9.17, 15) is 18.0 Å². The van der Waals surface area contributed by atoms with Crippen molar-refractivity contribution in [1.29, 1.82) is 0 Å². The van der Waals surface area contributed by atoms with Crippen molar-refractivity contribution < 1.29 is 18.0 Å². The molecule has 0 aliphatic rings. The first-order valence-electron chi connectivity index (χ1n) is 5.61. The molecule has 0 amide bonds. The Balaban J connectivity index is 2.88. The summed E-state index contributed by atoms with van der Waals surface area (Å²) in [5.74, 6) is 0. The summed E-state index contributed by atoms with van der Waals surface area (Å²) < 4.78 is 37.6. The number of rotatable bonds is 5. The summed E-state index contributed by atoms with van der Waals surface area (Å²) in [4.78, 5) is 13.9. The highest BCUT2D eigenvalue weighted by Crippen LogP contribution is 2.30. The SMILES string of the molecule is C=N/C(C=O)=C\C=C(/C)Nc1cccc(C(F)(F)F)c1. The number of carbonyl (C=O) groups is 1. The maximum absolute atomic E-state index is 12.5. The van der Waals surface area contributed by atoms with Crippen LogP contribution in [-0.2, 0) is 11.0 Å². The van der Waals surface area contributed by atoms with Crippen LogP contribution >= 0.6 is 0 Å². The summed E-state index contributed by atoms with van der Waals surface area (Å²) in [6.07, 6.45) is -0.914. The van der Waals surface area contributed by atoms with Crippen molar-refractivity contribution in [1.82, 2.24) is 0 Å². The summed E-state index contributed by atoms with van der Waals surface area (Å²) in [5.41, 5.74) is 0.274. The molecule has 0 bridgehead atoms. The fraction of sp³-hybridized carbons (Fsp3) is 0.143. The number of anilines is 1. The second kappa shape index (κ2) is 6.70. The van der Waals surface area contributed by atoms with Gasteiger partial charge >= 0.3 is 6.18 Å². The third-order valence-corrected chi connectivity index (χ3v) is 2.34. The van der Waals surface area contributed by atoms with E-state index < -0.39 is 11.7 Å². The Kier molecular flexibility index (Phi) is 5.25. The van der Waals surface area contributed by atoms with E-state index in [0.29, 0.717) is 17.7 Å². The molecule has 0 spiro atoms. The number of halogens is 3. The van der Waals surface area contributed by atoms with Gasteiger partial charge < -0.3 is 5.32 Å².